The zero-order chi connectivity index (χ0) is 48.4. The monoisotopic (exact) mass is 951 g/mol. The number of aromatic hydroxyl groups is 6. The second-order valence-electron chi connectivity index (χ2n) is 15.8. The fourth-order valence-electron chi connectivity index (χ4n) is 7.57. The van der Waals surface area contributed by atoms with Crippen LogP contribution in [0.5, 0.6) is 46.0 Å². The highest BCUT2D eigenvalue weighted by Crippen LogP contribution is 2.46. The maximum Gasteiger partial charge on any atom is 0.330 e. The minimum Gasteiger partial charge on any atom is -0.571 e. The minimum atomic E-state index is -1.94. The van der Waals surface area contributed by atoms with Crippen molar-refractivity contribution in [2.45, 2.75) is 92.1 Å². The van der Waals surface area contributed by atoms with Gasteiger partial charge in [0.15, 0.2) is 41.3 Å². The van der Waals surface area contributed by atoms with Crippen molar-refractivity contribution in [3.05, 3.63) is 71.0 Å². The Hall–Kier alpha value is -5.71. The molecule has 3 aromatic carbocycles. The van der Waals surface area contributed by atoms with Crippen LogP contribution in [0.25, 0.3) is 12.2 Å². The van der Waals surface area contributed by atoms with Crippen molar-refractivity contribution in [1.82, 2.24) is 0 Å². The molecule has 0 aromatic heterocycles. The van der Waals surface area contributed by atoms with E-state index in [1.807, 2.05) is 0 Å². The zero-order valence-corrected chi connectivity index (χ0v) is 35.4. The van der Waals surface area contributed by atoms with Gasteiger partial charge in [-0.05, 0) is 42.0 Å². The van der Waals surface area contributed by atoms with Gasteiger partial charge in [0.05, 0.1) is 39.1 Å². The SMILES string of the molecule is COc1cc(C=CC(=O)OCC2OC(OCC3OC(OCC4OC(OC5=Cc6c(O)cc(O)cc6[OH+]C5c5ccc(O)c(O)c5)C(O)C(O)C4O)C(O)C(O)C3O)C(O)C2O)cc(OC)c1O. The summed E-state index contributed by atoms with van der Waals surface area (Å²) in [7, 11) is 2.66. The molecule has 4 aliphatic heterocycles. The molecule has 0 spiro atoms. The van der Waals surface area contributed by atoms with E-state index in [1.165, 1.54) is 62.8 Å². The van der Waals surface area contributed by atoms with Crippen LogP contribution in [0.2, 0.25) is 0 Å². The van der Waals surface area contributed by atoms with E-state index in [1.54, 1.807) is 0 Å². The molecule has 24 heteroatoms. The van der Waals surface area contributed by atoms with E-state index in [4.69, 9.17) is 42.6 Å². The first-order valence-electron chi connectivity index (χ1n) is 20.5. The van der Waals surface area contributed by atoms with E-state index in [0.29, 0.717) is 5.56 Å². The summed E-state index contributed by atoms with van der Waals surface area (Å²) in [4.78, 5) is 12.5. The normalized spacial score (nSPS) is 32.8. The summed E-state index contributed by atoms with van der Waals surface area (Å²) in [6.45, 7) is -1.90. The highest BCUT2D eigenvalue weighted by Gasteiger charge is 2.50. The molecular weight excluding hydrogens is 900 g/mol. The Bertz CT molecular complexity index is 2260. The Morgan fingerprint density at radius 1 is 0.627 bits per heavy atom. The summed E-state index contributed by atoms with van der Waals surface area (Å²) in [6.07, 6.45) is -21.6. The third-order valence-electron chi connectivity index (χ3n) is 11.3. The van der Waals surface area contributed by atoms with Gasteiger partial charge in [-0.3, -0.25) is 0 Å². The van der Waals surface area contributed by atoms with Crippen molar-refractivity contribution in [2.75, 3.05) is 34.0 Å². The van der Waals surface area contributed by atoms with E-state index in [0.717, 1.165) is 12.1 Å². The van der Waals surface area contributed by atoms with E-state index in [2.05, 4.69) is 4.74 Å². The number of aliphatic hydroxyl groups is 9. The Morgan fingerprint density at radius 3 is 1.75 bits per heavy atom. The smallest absolute Gasteiger partial charge is 0.330 e. The van der Waals surface area contributed by atoms with E-state index in [-0.39, 0.29) is 45.6 Å². The van der Waals surface area contributed by atoms with E-state index < -0.39 is 135 Å². The maximum atomic E-state index is 12.5. The second kappa shape index (κ2) is 20.7. The number of fused-ring (bicyclic) bond motifs is 1. The standard InChI is InChI=1S/C43H50O24/c1-58-24-7-16(8-25(59-2)31(24)49)3-6-30(48)60-13-27-34(52)37(55)41(65-27)61-14-28-32(50)35(53)38(56)42(66-28)62-15-29-33(51)36(54)39(57)43(67-29)64-26-12-19-21(46)10-18(44)11-23(19)63-40(26)17-4-5-20(45)22(47)9-17/h3-12,27-29,32-47,49-57H,13-15H2,1-2H3/p+1. The molecule has 0 amide bonds. The van der Waals surface area contributed by atoms with Crippen LogP contribution < -0.4 is 9.47 Å². The van der Waals surface area contributed by atoms with Gasteiger partial charge in [0.25, 0.3) is 11.9 Å². The number of benzene rings is 3. The number of hydrogen-bond donors (Lipinski definition) is 13. The lowest BCUT2D eigenvalue weighted by molar-refractivity contribution is -0.332. The largest absolute Gasteiger partial charge is 0.571 e. The highest BCUT2D eigenvalue weighted by atomic mass is 16.8. The van der Waals surface area contributed by atoms with Crippen LogP contribution in [0.4, 0.5) is 0 Å². The lowest BCUT2D eigenvalue weighted by Crippen LogP contribution is -2.62. The van der Waals surface area contributed by atoms with Gasteiger partial charge in [-0.15, -0.1) is 0 Å². The topological polar surface area (TPSA) is 376 Å². The van der Waals surface area contributed by atoms with Crippen molar-refractivity contribution < 1.29 is 119 Å². The molecule has 0 saturated carbocycles. The van der Waals surface area contributed by atoms with Gasteiger partial charge >= 0.3 is 5.97 Å². The lowest BCUT2D eigenvalue weighted by Gasteiger charge is -2.43. The van der Waals surface area contributed by atoms with Gasteiger partial charge in [-0.25, -0.2) is 4.79 Å². The molecule has 15 atom stereocenters. The quantitative estimate of drug-likeness (QED) is 0.0337. The molecule has 0 radical (unpaired) electrons. The summed E-state index contributed by atoms with van der Waals surface area (Å²) in [6, 6.07) is 8.89. The molecule has 3 saturated heterocycles. The first-order chi connectivity index (χ1) is 31.9. The summed E-state index contributed by atoms with van der Waals surface area (Å²) in [5.41, 5.74) is 0.718. The van der Waals surface area contributed by atoms with Crippen molar-refractivity contribution in [1.29, 1.82) is 0 Å². The number of methoxy groups -OCH3 is 2. The molecule has 0 aliphatic carbocycles. The predicted molar refractivity (Wildman–Crippen MR) is 220 cm³/mol. The third kappa shape index (κ3) is 10.6. The van der Waals surface area contributed by atoms with Crippen LogP contribution in [-0.4, -0.2) is 197 Å². The number of aliphatic hydroxyl groups excluding tert-OH is 8. The molecule has 3 aromatic rings. The van der Waals surface area contributed by atoms with Crippen molar-refractivity contribution >= 4 is 18.1 Å². The van der Waals surface area contributed by atoms with Gasteiger partial charge in [0.2, 0.25) is 12.0 Å². The maximum absolute atomic E-state index is 12.5. The molecule has 67 heavy (non-hydrogen) atoms. The summed E-state index contributed by atoms with van der Waals surface area (Å²) in [5.74, 6) is -2.66. The van der Waals surface area contributed by atoms with Crippen LogP contribution in [-0.2, 0) is 38.0 Å². The second-order valence-corrected chi connectivity index (χ2v) is 15.8. The Kier molecular flexibility index (Phi) is 15.2. The van der Waals surface area contributed by atoms with Crippen molar-refractivity contribution in [3.63, 3.8) is 0 Å². The molecule has 15 unspecified atom stereocenters. The van der Waals surface area contributed by atoms with Crippen LogP contribution in [0.3, 0.4) is 0 Å². The Morgan fingerprint density at radius 2 is 1.16 bits per heavy atom. The fourth-order valence-corrected chi connectivity index (χ4v) is 7.57. The summed E-state index contributed by atoms with van der Waals surface area (Å²) < 4.78 is 54.1. The molecule has 7 rings (SSSR count). The van der Waals surface area contributed by atoms with E-state index >= 15 is 0 Å². The minimum absolute atomic E-state index is 0.0762. The molecule has 4 heterocycles. The van der Waals surface area contributed by atoms with Crippen LogP contribution >= 0.6 is 0 Å². The third-order valence-corrected chi connectivity index (χ3v) is 11.3. The molecule has 366 valence electrons. The van der Waals surface area contributed by atoms with Crippen LogP contribution in [0.15, 0.2) is 54.3 Å². The molecule has 3 fully saturated rings. The number of hydrogen-bond acceptors (Lipinski definition) is 23. The number of carbonyl (C=O) groups is 1. The molecule has 14 N–H and O–H groups in total. The number of phenolic OH excluding ortho intramolecular Hbond substituents is 5. The number of rotatable bonds is 15. The molecular formula is C43H51O24+. The summed E-state index contributed by atoms with van der Waals surface area (Å²) in [5, 5.41) is 137. The number of ether oxygens (including phenoxy) is 10. The lowest BCUT2D eigenvalue weighted by atomic mass is 9.98. The highest BCUT2D eigenvalue weighted by molar-refractivity contribution is 5.87. The Labute approximate surface area is 379 Å². The van der Waals surface area contributed by atoms with E-state index in [9.17, 15) is 71.2 Å². The number of phenols is 5. The molecule has 24 nitrogen and oxygen atoms in total. The zero-order valence-electron chi connectivity index (χ0n) is 35.4. The summed E-state index contributed by atoms with van der Waals surface area (Å²) >= 11 is 0. The number of carbonyl (C=O) groups excluding carboxylic acids is 1. The first-order valence-corrected chi connectivity index (χ1v) is 20.5. The first kappa shape index (κ1) is 49.2. The van der Waals surface area contributed by atoms with Gasteiger partial charge in [-0.1, -0.05) is 0 Å². The Balaban J connectivity index is 0.956. The fraction of sp³-hybridized carbons (Fsp3) is 0.465. The average molecular weight is 952 g/mol. The average Bonchev–Trinajstić information content (AvgIpc) is 3.58. The van der Waals surface area contributed by atoms with Gasteiger partial charge in [0, 0.05) is 18.2 Å². The van der Waals surface area contributed by atoms with Crippen molar-refractivity contribution in [2.24, 2.45) is 0 Å². The van der Waals surface area contributed by atoms with Gasteiger partial charge < -0.3 is 114 Å². The predicted octanol–water partition coefficient (Wildman–Crippen LogP) is -2.06. The van der Waals surface area contributed by atoms with Gasteiger partial charge in [-0.2, -0.15) is 0 Å². The number of esters is 1. The van der Waals surface area contributed by atoms with Crippen LogP contribution in [0.1, 0.15) is 22.8 Å². The molecule has 0 bridgehead atoms. The van der Waals surface area contributed by atoms with Crippen molar-refractivity contribution in [3.8, 4) is 46.0 Å². The van der Waals surface area contributed by atoms with Crippen LogP contribution in [0, 0.1) is 0 Å². The van der Waals surface area contributed by atoms with Gasteiger partial charge in [0.1, 0.15) is 90.8 Å². The molecule has 4 aliphatic rings.